The van der Waals surface area contributed by atoms with Crippen molar-refractivity contribution in [3.05, 3.63) is 65.6 Å². The Bertz CT molecular complexity index is 1020. The third-order valence-corrected chi connectivity index (χ3v) is 5.02. The number of fused-ring (bicyclic) bond motifs is 1. The number of furan rings is 1. The number of amides is 2. The molecule has 3 heterocycles. The van der Waals surface area contributed by atoms with Gasteiger partial charge in [0, 0.05) is 18.7 Å². The number of primary amides is 1. The second kappa shape index (κ2) is 7.30. The van der Waals surface area contributed by atoms with Gasteiger partial charge in [0.1, 0.15) is 5.82 Å². The minimum atomic E-state index is -0.495. The van der Waals surface area contributed by atoms with Crippen LogP contribution >= 0.6 is 0 Å². The van der Waals surface area contributed by atoms with Gasteiger partial charge in [-0.3, -0.25) is 14.3 Å². The molecule has 0 spiro atoms. The molecule has 3 aromatic rings. The van der Waals surface area contributed by atoms with E-state index in [1.165, 1.54) is 24.6 Å². The lowest BCUT2D eigenvalue weighted by Gasteiger charge is -2.24. The van der Waals surface area contributed by atoms with E-state index in [4.69, 9.17) is 10.2 Å². The zero-order valence-electron chi connectivity index (χ0n) is 15.0. The maximum Gasteiger partial charge on any atom is 0.287 e. The highest BCUT2D eigenvalue weighted by Gasteiger charge is 2.25. The zero-order valence-corrected chi connectivity index (χ0v) is 15.0. The van der Waals surface area contributed by atoms with Crippen molar-refractivity contribution in [1.29, 1.82) is 0 Å². The average Bonchev–Trinajstić information content (AvgIpc) is 3.33. The molecule has 0 saturated heterocycles. The first kappa shape index (κ1) is 18.0. The van der Waals surface area contributed by atoms with E-state index in [1.807, 2.05) is 0 Å². The van der Waals surface area contributed by atoms with E-state index in [0.717, 1.165) is 12.1 Å². The quantitative estimate of drug-likeness (QED) is 0.707. The minimum Gasteiger partial charge on any atom is -0.459 e. The number of rotatable bonds is 5. The number of hydrogen-bond donors (Lipinski definition) is 2. The number of halogens is 1. The zero-order chi connectivity index (χ0) is 19.7. The lowest BCUT2D eigenvalue weighted by atomic mass is 9.94. The van der Waals surface area contributed by atoms with Crippen LogP contribution in [-0.2, 0) is 13.0 Å². The Hall–Kier alpha value is -3.42. The Kier molecular flexibility index (Phi) is 4.68. The van der Waals surface area contributed by atoms with Crippen LogP contribution in [0.4, 0.5) is 4.39 Å². The van der Waals surface area contributed by atoms with E-state index in [0.29, 0.717) is 36.2 Å². The van der Waals surface area contributed by atoms with Gasteiger partial charge in [-0.15, -0.1) is 0 Å². The summed E-state index contributed by atoms with van der Waals surface area (Å²) < 4.78 is 20.3. The van der Waals surface area contributed by atoms with E-state index in [1.54, 1.807) is 22.9 Å². The maximum atomic E-state index is 13.1. The first-order chi connectivity index (χ1) is 13.5. The summed E-state index contributed by atoms with van der Waals surface area (Å²) >= 11 is 0. The number of nitrogens with zero attached hydrogens (tertiary/aromatic N) is 2. The molecule has 0 saturated carbocycles. The summed E-state index contributed by atoms with van der Waals surface area (Å²) in [6.45, 7) is 1.11. The summed E-state index contributed by atoms with van der Waals surface area (Å²) in [7, 11) is 0. The van der Waals surface area contributed by atoms with Crippen LogP contribution in [0.3, 0.4) is 0 Å². The van der Waals surface area contributed by atoms with Crippen molar-refractivity contribution in [2.24, 2.45) is 11.7 Å². The largest absolute Gasteiger partial charge is 0.459 e. The number of aryl methyl sites for hydroxylation is 1. The van der Waals surface area contributed by atoms with Gasteiger partial charge in [0.2, 0.25) is 0 Å². The summed E-state index contributed by atoms with van der Waals surface area (Å²) in [5.74, 6) is -0.824. The standard InChI is InChI=1S/C20H19FN4O3/c21-14-3-1-13(2-4-14)15-6-8-28-18(15)20(27)23-10-12-5-7-25-17(9-12)16(11-24-25)19(22)26/h1-4,6,8,11-12H,5,7,9-10H2,(H2,22,26)(H,23,27)/t12-/m0/s1. The smallest absolute Gasteiger partial charge is 0.287 e. The molecule has 1 atom stereocenters. The number of carbonyl (C=O) groups excluding carboxylic acids is 2. The monoisotopic (exact) mass is 382 g/mol. The molecule has 2 amide bonds. The van der Waals surface area contributed by atoms with E-state index in [-0.39, 0.29) is 23.4 Å². The molecule has 1 aliphatic heterocycles. The van der Waals surface area contributed by atoms with Gasteiger partial charge in [-0.05, 0) is 42.5 Å². The van der Waals surface area contributed by atoms with Crippen LogP contribution < -0.4 is 11.1 Å². The van der Waals surface area contributed by atoms with Crippen LogP contribution in [0.1, 0.15) is 33.0 Å². The van der Waals surface area contributed by atoms with Crippen LogP contribution in [-0.4, -0.2) is 28.1 Å². The fraction of sp³-hybridized carbons (Fsp3) is 0.250. The molecule has 4 rings (SSSR count). The van der Waals surface area contributed by atoms with Crippen molar-refractivity contribution in [3.63, 3.8) is 0 Å². The fourth-order valence-electron chi connectivity index (χ4n) is 3.54. The maximum absolute atomic E-state index is 13.1. The Morgan fingerprint density at radius 1 is 1.29 bits per heavy atom. The third-order valence-electron chi connectivity index (χ3n) is 5.02. The second-order valence-corrected chi connectivity index (χ2v) is 6.83. The van der Waals surface area contributed by atoms with Gasteiger partial charge < -0.3 is 15.5 Å². The number of benzene rings is 1. The molecular weight excluding hydrogens is 363 g/mol. The van der Waals surface area contributed by atoms with Gasteiger partial charge in [0.25, 0.3) is 11.8 Å². The molecule has 0 radical (unpaired) electrons. The highest BCUT2D eigenvalue weighted by Crippen LogP contribution is 2.26. The third kappa shape index (κ3) is 3.40. The van der Waals surface area contributed by atoms with E-state index in [2.05, 4.69) is 10.4 Å². The minimum absolute atomic E-state index is 0.162. The number of nitrogens with one attached hydrogen (secondary N) is 1. The molecule has 0 bridgehead atoms. The lowest BCUT2D eigenvalue weighted by molar-refractivity contribution is 0.0916. The Morgan fingerprint density at radius 3 is 2.82 bits per heavy atom. The van der Waals surface area contributed by atoms with Crippen molar-refractivity contribution < 1.29 is 18.4 Å². The summed E-state index contributed by atoms with van der Waals surface area (Å²) in [5, 5.41) is 7.08. The SMILES string of the molecule is NC(=O)c1cnn2c1C[C@@H](CNC(=O)c1occc1-c1ccc(F)cc1)CC2. The van der Waals surface area contributed by atoms with E-state index >= 15 is 0 Å². The predicted molar refractivity (Wildman–Crippen MR) is 99.0 cm³/mol. The first-order valence-corrected chi connectivity index (χ1v) is 8.99. The van der Waals surface area contributed by atoms with Crippen LogP contribution in [0.15, 0.2) is 47.2 Å². The van der Waals surface area contributed by atoms with Crippen molar-refractivity contribution in [2.45, 2.75) is 19.4 Å². The van der Waals surface area contributed by atoms with Crippen LogP contribution in [0.25, 0.3) is 11.1 Å². The summed E-state index contributed by atoms with van der Waals surface area (Å²) in [6.07, 6.45) is 4.38. The van der Waals surface area contributed by atoms with Crippen molar-refractivity contribution in [3.8, 4) is 11.1 Å². The Labute approximate surface area is 160 Å². The van der Waals surface area contributed by atoms with Crippen LogP contribution in [0.5, 0.6) is 0 Å². The Morgan fingerprint density at radius 2 is 2.07 bits per heavy atom. The molecular formula is C20H19FN4O3. The molecule has 2 aromatic heterocycles. The second-order valence-electron chi connectivity index (χ2n) is 6.83. The van der Waals surface area contributed by atoms with E-state index in [9.17, 15) is 14.0 Å². The lowest BCUT2D eigenvalue weighted by Crippen LogP contribution is -2.34. The first-order valence-electron chi connectivity index (χ1n) is 8.99. The number of nitrogens with two attached hydrogens (primary N) is 1. The number of carbonyl (C=O) groups is 2. The highest BCUT2D eigenvalue weighted by atomic mass is 19.1. The van der Waals surface area contributed by atoms with Crippen molar-refractivity contribution in [1.82, 2.24) is 15.1 Å². The van der Waals surface area contributed by atoms with Crippen molar-refractivity contribution >= 4 is 11.8 Å². The summed E-state index contributed by atoms with van der Waals surface area (Å²) in [6, 6.07) is 7.56. The Balaban J connectivity index is 1.43. The molecule has 1 aliphatic rings. The van der Waals surface area contributed by atoms with Crippen LogP contribution in [0, 0.1) is 11.7 Å². The van der Waals surface area contributed by atoms with Gasteiger partial charge in [0.15, 0.2) is 5.76 Å². The molecule has 3 N–H and O–H groups in total. The molecule has 0 unspecified atom stereocenters. The number of hydrogen-bond acceptors (Lipinski definition) is 4. The normalized spacial score (nSPS) is 15.8. The molecule has 144 valence electrons. The molecule has 1 aromatic carbocycles. The van der Waals surface area contributed by atoms with Crippen molar-refractivity contribution in [2.75, 3.05) is 6.54 Å². The summed E-state index contributed by atoms with van der Waals surface area (Å²) in [5.41, 5.74) is 7.95. The molecule has 8 heteroatoms. The molecule has 28 heavy (non-hydrogen) atoms. The van der Waals surface area contributed by atoms with Gasteiger partial charge in [-0.1, -0.05) is 12.1 Å². The van der Waals surface area contributed by atoms with Gasteiger partial charge in [-0.2, -0.15) is 5.10 Å². The predicted octanol–water partition coefficient (Wildman–Crippen LogP) is 2.37. The topological polar surface area (TPSA) is 103 Å². The molecule has 7 nitrogen and oxygen atoms in total. The fourth-order valence-corrected chi connectivity index (χ4v) is 3.54. The van der Waals surface area contributed by atoms with Gasteiger partial charge in [0.05, 0.1) is 23.7 Å². The van der Waals surface area contributed by atoms with E-state index < -0.39 is 5.91 Å². The van der Waals surface area contributed by atoms with Gasteiger partial charge in [-0.25, -0.2) is 4.39 Å². The van der Waals surface area contributed by atoms with Gasteiger partial charge >= 0.3 is 0 Å². The summed E-state index contributed by atoms with van der Waals surface area (Å²) in [4.78, 5) is 24.1. The highest BCUT2D eigenvalue weighted by molar-refractivity contribution is 5.98. The number of aromatic nitrogens is 2. The molecule has 0 aliphatic carbocycles. The van der Waals surface area contributed by atoms with Crippen LogP contribution in [0.2, 0.25) is 0 Å². The molecule has 0 fully saturated rings. The average molecular weight is 382 g/mol.